The lowest BCUT2D eigenvalue weighted by atomic mass is 10.1. The number of ether oxygens (including phenoxy) is 1. The van der Waals surface area contributed by atoms with E-state index in [4.69, 9.17) is 5.11 Å². The first-order valence-electron chi connectivity index (χ1n) is 5.76. The molecule has 0 aliphatic rings. The van der Waals surface area contributed by atoms with Crippen LogP contribution in [0.4, 0.5) is 4.79 Å². The second-order valence-corrected chi connectivity index (χ2v) is 4.04. The molecule has 0 radical (unpaired) electrons. The molecule has 0 saturated heterocycles. The number of carbonyl (C=O) groups excluding carboxylic acids is 1. The van der Waals surface area contributed by atoms with Gasteiger partial charge in [-0.25, -0.2) is 19.6 Å². The van der Waals surface area contributed by atoms with E-state index in [0.717, 1.165) is 0 Å². The number of hydrogen-bond acceptors (Lipinski definition) is 5. The van der Waals surface area contributed by atoms with Crippen LogP contribution in [-0.4, -0.2) is 27.2 Å². The molecule has 0 aliphatic carbocycles. The summed E-state index contributed by atoms with van der Waals surface area (Å²) in [6.07, 6.45) is -1.65. The van der Waals surface area contributed by atoms with Gasteiger partial charge in [-0.05, 0) is 24.3 Å². The molecule has 1 N–H and O–H groups in total. The molecule has 3 rings (SSSR count). The molecular weight excluding hydrogens is 260 g/mol. The molecule has 1 heterocycles. The number of carboxylic acid groups (broad SMARTS) is 1. The minimum atomic E-state index is -1.65. The van der Waals surface area contributed by atoms with Gasteiger partial charge in [0, 0.05) is 0 Å². The van der Waals surface area contributed by atoms with E-state index in [1.54, 1.807) is 24.3 Å². The van der Waals surface area contributed by atoms with Crippen molar-refractivity contribution in [3.05, 3.63) is 48.0 Å². The van der Waals surface area contributed by atoms with Crippen LogP contribution >= 0.6 is 0 Å². The van der Waals surface area contributed by atoms with Gasteiger partial charge in [0.25, 0.3) is 0 Å². The van der Waals surface area contributed by atoms with Crippen molar-refractivity contribution >= 4 is 34.2 Å². The highest BCUT2D eigenvalue weighted by Crippen LogP contribution is 2.19. The topological polar surface area (TPSA) is 89.4 Å². The summed E-state index contributed by atoms with van der Waals surface area (Å²) in [4.78, 5) is 30.9. The summed E-state index contributed by atoms with van der Waals surface area (Å²) in [5, 5.41) is 8.51. The van der Waals surface area contributed by atoms with Gasteiger partial charge in [-0.15, -0.1) is 0 Å². The molecule has 0 spiro atoms. The van der Waals surface area contributed by atoms with Gasteiger partial charge in [-0.1, -0.05) is 18.2 Å². The predicted molar refractivity (Wildman–Crippen MR) is 70.5 cm³/mol. The monoisotopic (exact) mass is 268 g/mol. The summed E-state index contributed by atoms with van der Waals surface area (Å²) in [7, 11) is 0. The first-order valence-corrected chi connectivity index (χ1v) is 5.76. The molecule has 0 amide bonds. The maximum absolute atomic E-state index is 11.7. The number of aromatic nitrogens is 2. The van der Waals surface area contributed by atoms with Gasteiger partial charge in [0.05, 0.1) is 22.1 Å². The molecule has 3 aromatic rings. The molecule has 6 nitrogen and oxygen atoms in total. The van der Waals surface area contributed by atoms with Gasteiger partial charge in [0.1, 0.15) is 5.52 Å². The second-order valence-electron chi connectivity index (χ2n) is 4.04. The fourth-order valence-corrected chi connectivity index (χ4v) is 1.94. The number of nitrogens with zero attached hydrogens (tertiary/aromatic N) is 2. The molecule has 0 unspecified atom stereocenters. The SMILES string of the molecule is O=C(O)OC(=O)c1cccc2nc3ccccc3nc12. The van der Waals surface area contributed by atoms with Crippen LogP contribution in [0.25, 0.3) is 22.1 Å². The Morgan fingerprint density at radius 1 is 0.900 bits per heavy atom. The number of rotatable bonds is 1. The largest absolute Gasteiger partial charge is 0.513 e. The smallest absolute Gasteiger partial charge is 0.449 e. The van der Waals surface area contributed by atoms with Gasteiger partial charge in [0.15, 0.2) is 0 Å². The summed E-state index contributed by atoms with van der Waals surface area (Å²) in [5.41, 5.74) is 2.21. The van der Waals surface area contributed by atoms with E-state index in [-0.39, 0.29) is 5.56 Å². The van der Waals surface area contributed by atoms with Gasteiger partial charge in [-0.3, -0.25) is 0 Å². The van der Waals surface area contributed by atoms with Crippen molar-refractivity contribution in [2.45, 2.75) is 0 Å². The minimum Gasteiger partial charge on any atom is -0.449 e. The first-order chi connectivity index (χ1) is 9.65. The van der Waals surface area contributed by atoms with E-state index >= 15 is 0 Å². The summed E-state index contributed by atoms with van der Waals surface area (Å²) < 4.78 is 4.17. The number of fused-ring (bicyclic) bond motifs is 2. The van der Waals surface area contributed by atoms with E-state index in [2.05, 4.69) is 14.7 Å². The highest BCUT2D eigenvalue weighted by atomic mass is 16.7. The highest BCUT2D eigenvalue weighted by Gasteiger charge is 2.16. The number of benzene rings is 2. The maximum Gasteiger partial charge on any atom is 0.513 e. The zero-order valence-corrected chi connectivity index (χ0v) is 10.1. The average molecular weight is 268 g/mol. The van der Waals surface area contributed by atoms with Crippen molar-refractivity contribution in [2.24, 2.45) is 0 Å². The summed E-state index contributed by atoms with van der Waals surface area (Å²) in [6, 6.07) is 12.0. The van der Waals surface area contributed by atoms with Crippen molar-refractivity contribution in [1.82, 2.24) is 9.97 Å². The fourth-order valence-electron chi connectivity index (χ4n) is 1.94. The standard InChI is InChI=1S/C14H8N2O4/c17-13(20-14(18)19)8-4-3-7-11-12(8)16-10-6-2-1-5-9(10)15-11/h1-7H,(H,18,19). The Morgan fingerprint density at radius 2 is 1.55 bits per heavy atom. The zero-order chi connectivity index (χ0) is 14.1. The Morgan fingerprint density at radius 3 is 2.25 bits per heavy atom. The first kappa shape index (κ1) is 12.0. The molecule has 0 bridgehead atoms. The zero-order valence-electron chi connectivity index (χ0n) is 10.1. The van der Waals surface area contributed by atoms with Gasteiger partial charge in [0.2, 0.25) is 0 Å². The van der Waals surface area contributed by atoms with E-state index in [9.17, 15) is 9.59 Å². The lowest BCUT2D eigenvalue weighted by Crippen LogP contribution is -2.11. The molecule has 6 heteroatoms. The molecule has 0 atom stereocenters. The van der Waals surface area contributed by atoms with Crippen LogP contribution in [0, 0.1) is 0 Å². The van der Waals surface area contributed by atoms with Gasteiger partial charge >= 0.3 is 12.1 Å². The molecule has 0 fully saturated rings. The van der Waals surface area contributed by atoms with Crippen molar-refractivity contribution in [1.29, 1.82) is 0 Å². The molecule has 0 saturated carbocycles. The van der Waals surface area contributed by atoms with Crippen LogP contribution in [-0.2, 0) is 4.74 Å². The average Bonchev–Trinajstić information content (AvgIpc) is 2.43. The molecule has 0 aliphatic heterocycles. The Labute approximate surface area is 112 Å². The van der Waals surface area contributed by atoms with Crippen LogP contribution in [0.1, 0.15) is 10.4 Å². The van der Waals surface area contributed by atoms with E-state index in [0.29, 0.717) is 22.1 Å². The van der Waals surface area contributed by atoms with E-state index in [1.807, 2.05) is 12.1 Å². The number of esters is 1. The quantitative estimate of drug-likeness (QED) is 0.414. The van der Waals surface area contributed by atoms with Crippen molar-refractivity contribution in [3.8, 4) is 0 Å². The van der Waals surface area contributed by atoms with Crippen LogP contribution < -0.4 is 0 Å². The Hall–Kier alpha value is -3.02. The van der Waals surface area contributed by atoms with Gasteiger partial charge in [-0.2, -0.15) is 0 Å². The fraction of sp³-hybridized carbons (Fsp3) is 0. The van der Waals surface area contributed by atoms with Crippen LogP contribution in [0.15, 0.2) is 42.5 Å². The molecule has 1 aromatic heterocycles. The van der Waals surface area contributed by atoms with Crippen molar-refractivity contribution in [2.75, 3.05) is 0 Å². The number of para-hydroxylation sites is 3. The van der Waals surface area contributed by atoms with Crippen LogP contribution in [0.5, 0.6) is 0 Å². The number of hydrogen-bond donors (Lipinski definition) is 1. The third-order valence-electron chi connectivity index (χ3n) is 2.77. The predicted octanol–water partition coefficient (Wildman–Crippen LogP) is 2.62. The summed E-state index contributed by atoms with van der Waals surface area (Å²) in [5.74, 6) is -0.965. The summed E-state index contributed by atoms with van der Waals surface area (Å²) >= 11 is 0. The Balaban J connectivity index is 2.25. The maximum atomic E-state index is 11.7. The van der Waals surface area contributed by atoms with Crippen molar-refractivity contribution < 1.29 is 19.4 Å². The molecular formula is C14H8N2O4. The van der Waals surface area contributed by atoms with Crippen LogP contribution in [0.2, 0.25) is 0 Å². The lowest BCUT2D eigenvalue weighted by Gasteiger charge is -2.05. The minimum absolute atomic E-state index is 0.0724. The Kier molecular flexibility index (Phi) is 2.76. The van der Waals surface area contributed by atoms with E-state index in [1.165, 1.54) is 6.07 Å². The number of carbonyl (C=O) groups is 2. The van der Waals surface area contributed by atoms with Gasteiger partial charge < -0.3 is 9.84 Å². The van der Waals surface area contributed by atoms with Crippen LogP contribution in [0.3, 0.4) is 0 Å². The lowest BCUT2D eigenvalue weighted by molar-refractivity contribution is 0.0511. The molecule has 20 heavy (non-hydrogen) atoms. The highest BCUT2D eigenvalue weighted by molar-refractivity contribution is 6.05. The summed E-state index contributed by atoms with van der Waals surface area (Å²) in [6.45, 7) is 0. The normalized spacial score (nSPS) is 10.6. The third-order valence-corrected chi connectivity index (χ3v) is 2.77. The van der Waals surface area contributed by atoms with Crippen molar-refractivity contribution in [3.63, 3.8) is 0 Å². The Bertz CT molecular complexity index is 845. The molecule has 98 valence electrons. The molecule has 2 aromatic carbocycles. The van der Waals surface area contributed by atoms with E-state index < -0.39 is 12.1 Å². The second kappa shape index (κ2) is 4.58. The third kappa shape index (κ3) is 2.03.